The number of nitrogens with zero attached hydrogens (tertiary/aromatic N) is 1. The minimum Gasteiger partial charge on any atom is -0.444 e. The van der Waals surface area contributed by atoms with Gasteiger partial charge in [0.05, 0.1) is 12.2 Å². The van der Waals surface area contributed by atoms with Crippen LogP contribution in [0.3, 0.4) is 0 Å². The molecule has 0 radical (unpaired) electrons. The Morgan fingerprint density at radius 3 is 2.79 bits per heavy atom. The highest BCUT2D eigenvalue weighted by molar-refractivity contribution is 9.10. The van der Waals surface area contributed by atoms with Crippen molar-refractivity contribution in [3.05, 3.63) is 45.6 Å². The van der Waals surface area contributed by atoms with E-state index in [2.05, 4.69) is 26.2 Å². The fourth-order valence-corrected chi connectivity index (χ4v) is 2.64. The van der Waals surface area contributed by atoms with Crippen molar-refractivity contribution in [2.45, 2.75) is 20.4 Å². The van der Waals surface area contributed by atoms with Gasteiger partial charge in [0.15, 0.2) is 0 Å². The van der Waals surface area contributed by atoms with Crippen molar-refractivity contribution in [1.82, 2.24) is 4.98 Å². The molecular weight excluding hydrogens is 326 g/mol. The second-order valence-corrected chi connectivity index (χ2v) is 5.42. The van der Waals surface area contributed by atoms with Crippen LogP contribution in [0.25, 0.3) is 0 Å². The van der Waals surface area contributed by atoms with Crippen molar-refractivity contribution in [3.63, 3.8) is 0 Å². The van der Waals surface area contributed by atoms with E-state index < -0.39 is 0 Å². The number of anilines is 1. The van der Waals surface area contributed by atoms with Crippen molar-refractivity contribution in [2.75, 3.05) is 5.32 Å². The highest BCUT2D eigenvalue weighted by Gasteiger charge is 2.11. The SMILES string of the molecule is Cc1nc(CNc2cccc(Br)c2C(N)=S)oc1C. The number of halogens is 1. The molecule has 6 heteroatoms. The summed E-state index contributed by atoms with van der Waals surface area (Å²) in [5.74, 6) is 1.48. The summed E-state index contributed by atoms with van der Waals surface area (Å²) in [6.45, 7) is 4.30. The number of aromatic nitrogens is 1. The third-order valence-corrected chi connectivity index (χ3v) is 3.63. The van der Waals surface area contributed by atoms with Gasteiger partial charge in [0.1, 0.15) is 10.7 Å². The van der Waals surface area contributed by atoms with Gasteiger partial charge in [0.25, 0.3) is 0 Å². The molecule has 0 unspecified atom stereocenters. The van der Waals surface area contributed by atoms with Gasteiger partial charge in [0.2, 0.25) is 5.89 Å². The van der Waals surface area contributed by atoms with Crippen LogP contribution in [0.1, 0.15) is 22.9 Å². The summed E-state index contributed by atoms with van der Waals surface area (Å²) in [7, 11) is 0. The molecule has 0 amide bonds. The molecular formula is C13H14BrN3OS. The summed E-state index contributed by atoms with van der Waals surface area (Å²) < 4.78 is 6.38. The lowest BCUT2D eigenvalue weighted by molar-refractivity contribution is 0.478. The summed E-state index contributed by atoms with van der Waals surface area (Å²) in [5.41, 5.74) is 8.28. The van der Waals surface area contributed by atoms with Crippen molar-refractivity contribution in [1.29, 1.82) is 0 Å². The number of hydrogen-bond acceptors (Lipinski definition) is 4. The van der Waals surface area contributed by atoms with Gasteiger partial charge in [-0.25, -0.2) is 4.98 Å². The van der Waals surface area contributed by atoms with Crippen LogP contribution in [0.2, 0.25) is 0 Å². The van der Waals surface area contributed by atoms with E-state index in [9.17, 15) is 0 Å². The van der Waals surface area contributed by atoms with Crippen LogP contribution in [0.4, 0.5) is 5.69 Å². The minimum atomic E-state index is 0.342. The molecule has 0 saturated heterocycles. The van der Waals surface area contributed by atoms with E-state index in [0.717, 1.165) is 27.2 Å². The average Bonchev–Trinajstić information content (AvgIpc) is 2.65. The Bertz CT molecular complexity index is 605. The zero-order valence-corrected chi connectivity index (χ0v) is 13.1. The normalized spacial score (nSPS) is 10.5. The molecule has 0 bridgehead atoms. The molecule has 0 aliphatic carbocycles. The maximum atomic E-state index is 5.73. The van der Waals surface area contributed by atoms with Crippen molar-refractivity contribution >= 4 is 38.8 Å². The van der Waals surface area contributed by atoms with Crippen molar-refractivity contribution in [3.8, 4) is 0 Å². The Labute approximate surface area is 125 Å². The van der Waals surface area contributed by atoms with Crippen LogP contribution < -0.4 is 11.1 Å². The summed E-state index contributed by atoms with van der Waals surface area (Å²) >= 11 is 8.50. The summed E-state index contributed by atoms with van der Waals surface area (Å²) in [6, 6.07) is 5.74. The van der Waals surface area contributed by atoms with Gasteiger partial charge in [0, 0.05) is 15.7 Å². The monoisotopic (exact) mass is 339 g/mol. The maximum Gasteiger partial charge on any atom is 0.213 e. The molecule has 3 N–H and O–H groups in total. The van der Waals surface area contributed by atoms with E-state index in [4.69, 9.17) is 22.4 Å². The topological polar surface area (TPSA) is 64.1 Å². The number of rotatable bonds is 4. The molecule has 0 spiro atoms. The Balaban J connectivity index is 2.20. The van der Waals surface area contributed by atoms with E-state index in [1.54, 1.807) is 0 Å². The quantitative estimate of drug-likeness (QED) is 0.836. The molecule has 0 aliphatic heterocycles. The van der Waals surface area contributed by atoms with Crippen LogP contribution in [0, 0.1) is 13.8 Å². The molecule has 0 aliphatic rings. The Kier molecular flexibility index (Phi) is 4.21. The van der Waals surface area contributed by atoms with E-state index in [-0.39, 0.29) is 0 Å². The summed E-state index contributed by atoms with van der Waals surface area (Å²) in [4.78, 5) is 4.66. The van der Waals surface area contributed by atoms with Gasteiger partial charge >= 0.3 is 0 Å². The van der Waals surface area contributed by atoms with Crippen LogP contribution in [-0.4, -0.2) is 9.97 Å². The first-order chi connectivity index (χ1) is 8.99. The summed E-state index contributed by atoms with van der Waals surface area (Å²) in [5, 5.41) is 3.24. The lowest BCUT2D eigenvalue weighted by Crippen LogP contribution is -2.14. The maximum absolute atomic E-state index is 5.73. The van der Waals surface area contributed by atoms with E-state index in [1.807, 2.05) is 32.0 Å². The number of thiocarbonyl (C=S) groups is 1. The summed E-state index contributed by atoms with van der Waals surface area (Å²) in [6.07, 6.45) is 0. The largest absolute Gasteiger partial charge is 0.444 e. The Hall–Kier alpha value is -1.40. The molecule has 19 heavy (non-hydrogen) atoms. The average molecular weight is 340 g/mol. The van der Waals surface area contributed by atoms with Crippen LogP contribution in [-0.2, 0) is 6.54 Å². The van der Waals surface area contributed by atoms with E-state index in [0.29, 0.717) is 17.4 Å². The highest BCUT2D eigenvalue weighted by Crippen LogP contribution is 2.25. The second kappa shape index (κ2) is 5.71. The molecule has 1 aromatic heterocycles. The van der Waals surface area contributed by atoms with Crippen LogP contribution in [0.5, 0.6) is 0 Å². The Morgan fingerprint density at radius 1 is 1.47 bits per heavy atom. The minimum absolute atomic E-state index is 0.342. The fourth-order valence-electron chi connectivity index (χ4n) is 1.71. The predicted molar refractivity (Wildman–Crippen MR) is 83.3 cm³/mol. The zero-order valence-electron chi connectivity index (χ0n) is 10.7. The third kappa shape index (κ3) is 3.13. The lowest BCUT2D eigenvalue weighted by atomic mass is 10.2. The molecule has 100 valence electrons. The molecule has 1 aromatic carbocycles. The number of benzene rings is 1. The molecule has 2 aromatic rings. The molecule has 1 heterocycles. The number of oxazole rings is 1. The first kappa shape index (κ1) is 14.0. The standard InChI is InChI=1S/C13H14BrN3OS/c1-7-8(2)18-11(17-7)6-16-10-5-3-4-9(14)12(10)13(15)19/h3-5,16H,6H2,1-2H3,(H2,15,19). The number of aryl methyl sites for hydroxylation is 2. The predicted octanol–water partition coefficient (Wildman–Crippen LogP) is 3.30. The molecule has 0 saturated carbocycles. The highest BCUT2D eigenvalue weighted by atomic mass is 79.9. The van der Waals surface area contributed by atoms with E-state index >= 15 is 0 Å². The smallest absolute Gasteiger partial charge is 0.213 e. The molecule has 0 atom stereocenters. The van der Waals surface area contributed by atoms with Gasteiger partial charge < -0.3 is 15.5 Å². The van der Waals surface area contributed by atoms with Gasteiger partial charge in [-0.1, -0.05) is 18.3 Å². The van der Waals surface area contributed by atoms with Crippen LogP contribution >= 0.6 is 28.1 Å². The third-order valence-electron chi connectivity index (χ3n) is 2.76. The van der Waals surface area contributed by atoms with Gasteiger partial charge in [-0.15, -0.1) is 0 Å². The zero-order chi connectivity index (χ0) is 14.0. The number of hydrogen-bond donors (Lipinski definition) is 2. The van der Waals surface area contributed by atoms with Gasteiger partial charge in [-0.05, 0) is 41.9 Å². The number of nitrogens with one attached hydrogen (secondary N) is 1. The first-order valence-electron chi connectivity index (χ1n) is 5.74. The number of nitrogens with two attached hydrogens (primary N) is 1. The van der Waals surface area contributed by atoms with Crippen molar-refractivity contribution < 1.29 is 4.42 Å². The van der Waals surface area contributed by atoms with E-state index in [1.165, 1.54) is 0 Å². The van der Waals surface area contributed by atoms with Gasteiger partial charge in [-0.2, -0.15) is 0 Å². The molecule has 4 nitrogen and oxygen atoms in total. The van der Waals surface area contributed by atoms with Gasteiger partial charge in [-0.3, -0.25) is 0 Å². The lowest BCUT2D eigenvalue weighted by Gasteiger charge is -2.11. The van der Waals surface area contributed by atoms with Crippen LogP contribution in [0.15, 0.2) is 27.1 Å². The fraction of sp³-hybridized carbons (Fsp3) is 0.231. The Morgan fingerprint density at radius 2 is 2.21 bits per heavy atom. The molecule has 0 fully saturated rings. The first-order valence-corrected chi connectivity index (χ1v) is 6.94. The van der Waals surface area contributed by atoms with Crippen molar-refractivity contribution in [2.24, 2.45) is 5.73 Å². The molecule has 2 rings (SSSR count). The second-order valence-electron chi connectivity index (χ2n) is 4.13.